The molecule has 0 aliphatic heterocycles. The highest BCUT2D eigenvalue weighted by Crippen LogP contribution is 2.32. The van der Waals surface area contributed by atoms with E-state index in [1.54, 1.807) is 6.07 Å². The summed E-state index contributed by atoms with van der Waals surface area (Å²) in [7, 11) is 0. The van der Waals surface area contributed by atoms with Gasteiger partial charge in [0, 0.05) is 18.3 Å². The van der Waals surface area contributed by atoms with E-state index in [2.05, 4.69) is 5.32 Å². The van der Waals surface area contributed by atoms with Crippen molar-refractivity contribution in [1.82, 2.24) is 9.88 Å². The molecule has 0 fully saturated rings. The highest BCUT2D eigenvalue weighted by Gasteiger charge is 2.31. The molecule has 0 radical (unpaired) electrons. The molecule has 0 spiro atoms. The number of nitrogens with one attached hydrogen (secondary N) is 1. The van der Waals surface area contributed by atoms with Crippen molar-refractivity contribution in [2.45, 2.75) is 71.6 Å². The molecule has 0 bridgehead atoms. The average Bonchev–Trinajstić information content (AvgIpc) is 2.93. The van der Waals surface area contributed by atoms with Crippen LogP contribution >= 0.6 is 0 Å². The minimum Gasteiger partial charge on any atom is -0.348 e. The maximum atomic E-state index is 13.1. The van der Waals surface area contributed by atoms with Crippen LogP contribution in [0.2, 0.25) is 0 Å². The van der Waals surface area contributed by atoms with E-state index in [0.717, 1.165) is 49.4 Å². The summed E-state index contributed by atoms with van der Waals surface area (Å²) in [4.78, 5) is 13.0. The molecule has 0 unspecified atom stereocenters. The van der Waals surface area contributed by atoms with Gasteiger partial charge in [-0.15, -0.1) is 0 Å². The number of nitrogens with zero attached hydrogens (tertiary/aromatic N) is 1. The molecule has 1 aromatic heterocycles. The molecule has 28 heavy (non-hydrogen) atoms. The van der Waals surface area contributed by atoms with Crippen LogP contribution in [-0.2, 0) is 25.6 Å². The minimum absolute atomic E-state index is 0.0424. The van der Waals surface area contributed by atoms with Gasteiger partial charge in [-0.25, -0.2) is 0 Å². The Morgan fingerprint density at radius 2 is 1.96 bits per heavy atom. The summed E-state index contributed by atoms with van der Waals surface area (Å²) in [6.07, 6.45) is 0.322. The van der Waals surface area contributed by atoms with Gasteiger partial charge in [0.25, 0.3) is 5.91 Å². The zero-order valence-corrected chi connectivity index (χ0v) is 16.6. The number of halogens is 3. The molecule has 6 heteroatoms. The van der Waals surface area contributed by atoms with E-state index in [4.69, 9.17) is 0 Å². The molecule has 1 aliphatic rings. The van der Waals surface area contributed by atoms with Gasteiger partial charge in [0.15, 0.2) is 0 Å². The number of aromatic nitrogens is 1. The van der Waals surface area contributed by atoms with Gasteiger partial charge in [-0.05, 0) is 74.8 Å². The molecular formula is C22H27F3N2O. The van der Waals surface area contributed by atoms with Gasteiger partial charge in [0.2, 0.25) is 0 Å². The van der Waals surface area contributed by atoms with Gasteiger partial charge in [0.1, 0.15) is 5.69 Å². The predicted molar refractivity (Wildman–Crippen MR) is 104 cm³/mol. The van der Waals surface area contributed by atoms with Gasteiger partial charge >= 0.3 is 6.18 Å². The third-order valence-corrected chi connectivity index (χ3v) is 5.64. The number of hydrogen-bond acceptors (Lipinski definition) is 1. The molecule has 3 rings (SSSR count). The third kappa shape index (κ3) is 4.10. The first-order valence-electron chi connectivity index (χ1n) is 9.90. The molecule has 0 saturated heterocycles. The molecule has 1 N–H and O–H groups in total. The molecule has 1 aromatic carbocycles. The molecule has 1 aliphatic carbocycles. The van der Waals surface area contributed by atoms with Gasteiger partial charge in [0.05, 0.1) is 5.56 Å². The summed E-state index contributed by atoms with van der Waals surface area (Å²) in [6, 6.07) is 5.42. The average molecular weight is 392 g/mol. The van der Waals surface area contributed by atoms with Gasteiger partial charge in [-0.2, -0.15) is 13.2 Å². The monoisotopic (exact) mass is 392 g/mol. The van der Waals surface area contributed by atoms with Crippen LogP contribution in [0.15, 0.2) is 24.3 Å². The Hall–Kier alpha value is -2.24. The topological polar surface area (TPSA) is 34.0 Å². The lowest BCUT2D eigenvalue weighted by Gasteiger charge is -2.18. The zero-order valence-electron chi connectivity index (χ0n) is 16.6. The number of alkyl halides is 3. The Kier molecular flexibility index (Phi) is 5.87. The van der Waals surface area contributed by atoms with E-state index in [0.29, 0.717) is 11.3 Å². The first-order chi connectivity index (χ1) is 13.2. The number of benzene rings is 1. The van der Waals surface area contributed by atoms with Crippen LogP contribution in [0.3, 0.4) is 0 Å². The first-order valence-corrected chi connectivity index (χ1v) is 9.90. The van der Waals surface area contributed by atoms with E-state index in [9.17, 15) is 18.0 Å². The number of hydrogen-bond donors (Lipinski definition) is 1. The van der Waals surface area contributed by atoms with Crippen molar-refractivity contribution in [2.24, 2.45) is 0 Å². The fourth-order valence-electron chi connectivity index (χ4n) is 3.96. The van der Waals surface area contributed by atoms with Crippen molar-refractivity contribution >= 4 is 5.91 Å². The molecule has 1 atom stereocenters. The maximum Gasteiger partial charge on any atom is 0.416 e. The lowest BCUT2D eigenvalue weighted by molar-refractivity contribution is -0.137. The summed E-state index contributed by atoms with van der Waals surface area (Å²) in [5, 5.41) is 3.02. The van der Waals surface area contributed by atoms with Crippen LogP contribution in [0, 0.1) is 6.92 Å². The van der Waals surface area contributed by atoms with E-state index < -0.39 is 11.7 Å². The quantitative estimate of drug-likeness (QED) is 0.739. The van der Waals surface area contributed by atoms with Crippen molar-refractivity contribution in [1.29, 1.82) is 0 Å². The fraction of sp³-hybridized carbons (Fsp3) is 0.500. The zero-order chi connectivity index (χ0) is 20.5. The number of carbonyl (C=O) groups excluding carboxylic acids is 1. The smallest absolute Gasteiger partial charge is 0.348 e. The Labute approximate surface area is 163 Å². The summed E-state index contributed by atoms with van der Waals surface area (Å²) < 4.78 is 41.3. The lowest BCUT2D eigenvalue weighted by Crippen LogP contribution is -2.34. The van der Waals surface area contributed by atoms with Crippen molar-refractivity contribution in [2.75, 3.05) is 0 Å². The summed E-state index contributed by atoms with van der Waals surface area (Å²) >= 11 is 0. The number of rotatable bonds is 5. The molecule has 152 valence electrons. The van der Waals surface area contributed by atoms with Crippen LogP contribution in [0.25, 0.3) is 0 Å². The van der Waals surface area contributed by atoms with Crippen LogP contribution in [0.5, 0.6) is 0 Å². The number of fused-ring (bicyclic) bond motifs is 1. The molecule has 1 amide bonds. The molecular weight excluding hydrogens is 365 g/mol. The molecule has 3 nitrogen and oxygen atoms in total. The first kappa shape index (κ1) is 20.5. The van der Waals surface area contributed by atoms with Crippen LogP contribution in [0.1, 0.15) is 71.5 Å². The minimum atomic E-state index is -4.38. The highest BCUT2D eigenvalue weighted by molar-refractivity contribution is 5.95. The fourth-order valence-corrected chi connectivity index (χ4v) is 3.96. The van der Waals surface area contributed by atoms with Crippen molar-refractivity contribution in [3.8, 4) is 0 Å². The Balaban J connectivity index is 2.03. The van der Waals surface area contributed by atoms with E-state index >= 15 is 0 Å². The second kappa shape index (κ2) is 8.02. The van der Waals surface area contributed by atoms with Gasteiger partial charge in [-0.3, -0.25) is 4.79 Å². The summed E-state index contributed by atoms with van der Waals surface area (Å²) in [5.41, 5.74) is 3.72. The van der Waals surface area contributed by atoms with Gasteiger partial charge in [-0.1, -0.05) is 19.1 Å². The number of carbonyl (C=O) groups is 1. The summed E-state index contributed by atoms with van der Waals surface area (Å²) in [5.74, 6) is -0.145. The summed E-state index contributed by atoms with van der Waals surface area (Å²) in [6.45, 7) is 6.18. The van der Waals surface area contributed by atoms with Crippen molar-refractivity contribution in [3.63, 3.8) is 0 Å². The van der Waals surface area contributed by atoms with Crippen molar-refractivity contribution in [3.05, 3.63) is 57.9 Å². The predicted octanol–water partition coefficient (Wildman–Crippen LogP) is 5.27. The largest absolute Gasteiger partial charge is 0.416 e. The second-order valence-electron chi connectivity index (χ2n) is 7.67. The van der Waals surface area contributed by atoms with Crippen LogP contribution < -0.4 is 5.32 Å². The third-order valence-electron chi connectivity index (χ3n) is 5.64. The Morgan fingerprint density at radius 3 is 2.64 bits per heavy atom. The van der Waals surface area contributed by atoms with Gasteiger partial charge < -0.3 is 9.88 Å². The van der Waals surface area contributed by atoms with E-state index in [1.807, 2.05) is 25.3 Å². The van der Waals surface area contributed by atoms with Crippen LogP contribution in [0.4, 0.5) is 13.2 Å². The van der Waals surface area contributed by atoms with Crippen molar-refractivity contribution < 1.29 is 18.0 Å². The maximum absolute atomic E-state index is 13.1. The van der Waals surface area contributed by atoms with Crippen LogP contribution in [-0.4, -0.2) is 16.5 Å². The lowest BCUT2D eigenvalue weighted by atomic mass is 9.95. The SMILES string of the molecule is CC[C@H](C)NC(=O)c1c(C)c2c(n1Cc1cccc(C(F)(F)F)c1)CCCC2. The standard InChI is InChI=1S/C22H27F3N2O/c1-4-14(2)26-21(28)20-15(3)18-10-5-6-11-19(18)27(20)13-16-8-7-9-17(12-16)22(23,24)25/h7-9,12,14H,4-6,10-11,13H2,1-3H3,(H,26,28)/t14-/m0/s1. The molecule has 0 saturated carbocycles. The van der Waals surface area contributed by atoms with E-state index in [1.165, 1.54) is 17.7 Å². The molecule has 1 heterocycles. The Bertz CT molecular complexity index is 867. The Morgan fingerprint density at radius 1 is 1.25 bits per heavy atom. The van der Waals surface area contributed by atoms with E-state index in [-0.39, 0.29) is 18.5 Å². The second-order valence-corrected chi connectivity index (χ2v) is 7.67. The number of amides is 1. The highest BCUT2D eigenvalue weighted by atomic mass is 19.4. The normalized spacial score (nSPS) is 15.2. The molecule has 2 aromatic rings.